The Labute approximate surface area is 143 Å². The van der Waals surface area contributed by atoms with E-state index in [4.69, 9.17) is 9.47 Å². The Bertz CT molecular complexity index is 1060. The Morgan fingerprint density at radius 3 is 2.40 bits per heavy atom. The summed E-state index contributed by atoms with van der Waals surface area (Å²) >= 11 is 0. The molecule has 0 radical (unpaired) electrons. The molecule has 25 heavy (non-hydrogen) atoms. The Balaban J connectivity index is 2.34. The molecule has 1 N–H and O–H groups in total. The first kappa shape index (κ1) is 16.6. The maximum Gasteiger partial charge on any atom is 0.349 e. The van der Waals surface area contributed by atoms with E-state index in [0.29, 0.717) is 22.8 Å². The SMILES string of the molecule is COc1ccc(-c2nc3c(c(=O)[nH]c(=O)n3N(C)C)n2C)cc1OC. The molecule has 0 aliphatic carbocycles. The molecule has 0 aliphatic heterocycles. The number of benzene rings is 1. The van der Waals surface area contributed by atoms with Crippen molar-refractivity contribution in [3.63, 3.8) is 0 Å². The van der Waals surface area contributed by atoms with Gasteiger partial charge in [0, 0.05) is 26.7 Å². The molecular formula is C16H19N5O4. The topological polar surface area (TPSA) is 94.4 Å². The summed E-state index contributed by atoms with van der Waals surface area (Å²) in [7, 11) is 8.22. The number of hydrogen-bond donors (Lipinski definition) is 1. The van der Waals surface area contributed by atoms with Crippen molar-refractivity contribution in [3.8, 4) is 22.9 Å². The zero-order valence-electron chi connectivity index (χ0n) is 14.7. The van der Waals surface area contributed by atoms with Gasteiger partial charge < -0.3 is 19.0 Å². The molecule has 0 saturated heterocycles. The number of hydrogen-bond acceptors (Lipinski definition) is 6. The van der Waals surface area contributed by atoms with Crippen LogP contribution in [0.1, 0.15) is 0 Å². The van der Waals surface area contributed by atoms with E-state index in [9.17, 15) is 9.59 Å². The number of aryl methyl sites for hydroxylation is 1. The van der Waals surface area contributed by atoms with Crippen molar-refractivity contribution in [1.29, 1.82) is 0 Å². The average Bonchev–Trinajstić information content (AvgIpc) is 2.91. The lowest BCUT2D eigenvalue weighted by atomic mass is 10.2. The van der Waals surface area contributed by atoms with Crippen molar-refractivity contribution in [2.45, 2.75) is 0 Å². The third-order valence-electron chi connectivity index (χ3n) is 3.95. The summed E-state index contributed by atoms with van der Waals surface area (Å²) in [6.45, 7) is 0. The molecule has 0 aliphatic rings. The molecule has 0 amide bonds. The van der Waals surface area contributed by atoms with Gasteiger partial charge in [0.25, 0.3) is 5.56 Å². The van der Waals surface area contributed by atoms with Gasteiger partial charge in [-0.25, -0.2) is 9.78 Å². The van der Waals surface area contributed by atoms with E-state index in [1.165, 1.54) is 4.68 Å². The lowest BCUT2D eigenvalue weighted by molar-refractivity contribution is 0.355. The molecule has 0 atom stereocenters. The zero-order valence-corrected chi connectivity index (χ0v) is 14.7. The number of nitrogens with zero attached hydrogens (tertiary/aromatic N) is 4. The summed E-state index contributed by atoms with van der Waals surface area (Å²) in [4.78, 5) is 31.2. The lowest BCUT2D eigenvalue weighted by Crippen LogP contribution is -2.41. The number of nitrogens with one attached hydrogen (secondary N) is 1. The fourth-order valence-corrected chi connectivity index (χ4v) is 2.80. The van der Waals surface area contributed by atoms with E-state index in [1.807, 2.05) is 6.07 Å². The monoisotopic (exact) mass is 345 g/mol. The van der Waals surface area contributed by atoms with E-state index in [-0.39, 0.29) is 5.65 Å². The molecule has 0 fully saturated rings. The Kier molecular flexibility index (Phi) is 3.99. The fourth-order valence-electron chi connectivity index (χ4n) is 2.80. The predicted molar refractivity (Wildman–Crippen MR) is 94.2 cm³/mol. The number of aromatic nitrogens is 4. The summed E-state index contributed by atoms with van der Waals surface area (Å²) in [6, 6.07) is 5.35. The second-order valence-corrected chi connectivity index (χ2v) is 5.65. The van der Waals surface area contributed by atoms with Crippen LogP contribution in [-0.4, -0.2) is 47.5 Å². The van der Waals surface area contributed by atoms with Gasteiger partial charge in [-0.15, -0.1) is 0 Å². The van der Waals surface area contributed by atoms with Gasteiger partial charge in [-0.1, -0.05) is 0 Å². The zero-order chi connectivity index (χ0) is 18.3. The highest BCUT2D eigenvalue weighted by Crippen LogP contribution is 2.32. The van der Waals surface area contributed by atoms with Crippen LogP contribution in [0.15, 0.2) is 27.8 Å². The minimum absolute atomic E-state index is 0.283. The molecule has 0 saturated carbocycles. The van der Waals surface area contributed by atoms with Crippen LogP contribution >= 0.6 is 0 Å². The van der Waals surface area contributed by atoms with E-state index < -0.39 is 11.2 Å². The highest BCUT2D eigenvalue weighted by atomic mass is 16.5. The third kappa shape index (κ3) is 2.53. The van der Waals surface area contributed by atoms with Gasteiger partial charge in [0.1, 0.15) is 5.82 Å². The highest BCUT2D eigenvalue weighted by molar-refractivity contribution is 5.77. The maximum absolute atomic E-state index is 12.3. The number of H-pyrrole nitrogens is 1. The predicted octanol–water partition coefficient (Wildman–Crippen LogP) is 0.305. The van der Waals surface area contributed by atoms with E-state index in [1.54, 1.807) is 57.1 Å². The van der Waals surface area contributed by atoms with Crippen molar-refractivity contribution < 1.29 is 9.47 Å². The van der Waals surface area contributed by atoms with Crippen molar-refractivity contribution in [1.82, 2.24) is 19.2 Å². The summed E-state index contributed by atoms with van der Waals surface area (Å²) in [6.07, 6.45) is 0. The first-order valence-corrected chi connectivity index (χ1v) is 7.50. The second kappa shape index (κ2) is 6.00. The molecule has 9 heteroatoms. The number of ether oxygens (including phenoxy) is 2. The lowest BCUT2D eigenvalue weighted by Gasteiger charge is -2.14. The average molecular weight is 345 g/mol. The maximum atomic E-state index is 12.3. The normalized spacial score (nSPS) is 10.9. The van der Waals surface area contributed by atoms with Crippen LogP contribution in [0.2, 0.25) is 0 Å². The van der Waals surface area contributed by atoms with Gasteiger partial charge in [0.05, 0.1) is 14.2 Å². The number of rotatable bonds is 4. The molecule has 3 rings (SSSR count). The first-order chi connectivity index (χ1) is 11.9. The van der Waals surface area contributed by atoms with Gasteiger partial charge in [0.2, 0.25) is 0 Å². The fraction of sp³-hybridized carbons (Fsp3) is 0.312. The molecule has 3 aromatic rings. The molecule has 0 spiro atoms. The first-order valence-electron chi connectivity index (χ1n) is 7.50. The van der Waals surface area contributed by atoms with Crippen LogP contribution < -0.4 is 25.7 Å². The van der Waals surface area contributed by atoms with Crippen molar-refractivity contribution in [2.75, 3.05) is 33.3 Å². The van der Waals surface area contributed by atoms with E-state index in [2.05, 4.69) is 9.97 Å². The van der Waals surface area contributed by atoms with Crippen LogP contribution in [0.5, 0.6) is 11.5 Å². The summed E-state index contributed by atoms with van der Waals surface area (Å²) < 4.78 is 13.5. The van der Waals surface area contributed by atoms with Crippen molar-refractivity contribution in [3.05, 3.63) is 39.0 Å². The second-order valence-electron chi connectivity index (χ2n) is 5.65. The van der Waals surface area contributed by atoms with Crippen LogP contribution in [-0.2, 0) is 7.05 Å². The molecule has 1 aromatic carbocycles. The number of imidazole rings is 1. The highest BCUT2D eigenvalue weighted by Gasteiger charge is 2.19. The van der Waals surface area contributed by atoms with Gasteiger partial charge in [-0.05, 0) is 18.2 Å². The van der Waals surface area contributed by atoms with Crippen molar-refractivity contribution >= 4 is 11.2 Å². The van der Waals surface area contributed by atoms with Crippen LogP contribution in [0.25, 0.3) is 22.6 Å². The Morgan fingerprint density at radius 1 is 1.12 bits per heavy atom. The summed E-state index contributed by atoms with van der Waals surface area (Å²) in [5, 5.41) is 1.56. The van der Waals surface area contributed by atoms with Crippen LogP contribution in [0, 0.1) is 0 Å². The minimum Gasteiger partial charge on any atom is -0.493 e. The van der Waals surface area contributed by atoms with Gasteiger partial charge in [0.15, 0.2) is 22.7 Å². The van der Waals surface area contributed by atoms with Gasteiger partial charge in [-0.2, -0.15) is 4.68 Å². The van der Waals surface area contributed by atoms with Crippen molar-refractivity contribution in [2.24, 2.45) is 7.05 Å². The standard InChI is InChI=1S/C16H19N5O4/c1-19(2)21-14-12(15(22)18-16(21)23)20(3)13(17-14)9-6-7-10(24-4)11(8-9)25-5/h6-8H,1-5H3,(H,18,22,23). The number of fused-ring (bicyclic) bond motifs is 1. The van der Waals surface area contributed by atoms with Gasteiger partial charge in [-0.3, -0.25) is 9.78 Å². The number of aromatic amines is 1. The Morgan fingerprint density at radius 2 is 1.80 bits per heavy atom. The van der Waals surface area contributed by atoms with Crippen LogP contribution in [0.4, 0.5) is 0 Å². The molecule has 0 bridgehead atoms. The molecule has 0 unspecified atom stereocenters. The van der Waals surface area contributed by atoms with E-state index >= 15 is 0 Å². The molecule has 2 heterocycles. The summed E-state index contributed by atoms with van der Waals surface area (Å²) in [5.41, 5.74) is 0.289. The van der Waals surface area contributed by atoms with Crippen LogP contribution in [0.3, 0.4) is 0 Å². The largest absolute Gasteiger partial charge is 0.493 e. The van der Waals surface area contributed by atoms with E-state index in [0.717, 1.165) is 5.56 Å². The van der Waals surface area contributed by atoms with Gasteiger partial charge >= 0.3 is 5.69 Å². The molecule has 132 valence electrons. The molecular weight excluding hydrogens is 326 g/mol. The minimum atomic E-state index is -0.542. The Hall–Kier alpha value is -3.23. The number of methoxy groups -OCH3 is 2. The third-order valence-corrected chi connectivity index (χ3v) is 3.95. The quantitative estimate of drug-likeness (QED) is 0.731. The summed E-state index contributed by atoms with van der Waals surface area (Å²) in [5.74, 6) is 1.67. The smallest absolute Gasteiger partial charge is 0.349 e. The molecule has 2 aromatic heterocycles. The molecule has 9 nitrogen and oxygen atoms in total.